The molecule has 0 aromatic carbocycles. The van der Waals surface area contributed by atoms with Crippen LogP contribution in [-0.4, -0.2) is 92.9 Å². The van der Waals surface area contributed by atoms with Gasteiger partial charge in [0, 0.05) is 45.3 Å². The van der Waals surface area contributed by atoms with E-state index in [0.717, 1.165) is 12.8 Å². The van der Waals surface area contributed by atoms with Crippen molar-refractivity contribution in [3.05, 3.63) is 0 Å². The van der Waals surface area contributed by atoms with Crippen LogP contribution in [0.25, 0.3) is 0 Å². The fourth-order valence-corrected chi connectivity index (χ4v) is 4.65. The summed E-state index contributed by atoms with van der Waals surface area (Å²) in [5.74, 6) is 0.0143. The Morgan fingerprint density at radius 3 is 2.25 bits per heavy atom. The molecule has 1 amide bonds. The molecule has 8 nitrogen and oxygen atoms in total. The van der Waals surface area contributed by atoms with Gasteiger partial charge in [0.05, 0.1) is 19.8 Å². The van der Waals surface area contributed by atoms with Gasteiger partial charge in [-0.1, -0.05) is 13.3 Å². The van der Waals surface area contributed by atoms with Crippen molar-refractivity contribution in [1.29, 1.82) is 0 Å². The number of hydrogen-bond acceptors (Lipinski definition) is 5. The SMILES string of the molecule is CCC[C@H](C)NC(=O)CN1CCN(S(=O)(=O)N2CCOCC2)CC1. The molecule has 0 saturated carbocycles. The molecule has 24 heavy (non-hydrogen) atoms. The second kappa shape index (κ2) is 9.10. The first-order valence-corrected chi connectivity index (χ1v) is 10.2. The summed E-state index contributed by atoms with van der Waals surface area (Å²) in [5, 5.41) is 2.99. The molecule has 9 heteroatoms. The standard InChI is InChI=1S/C15H30N4O4S/c1-3-4-14(2)16-15(20)13-17-5-7-18(8-6-17)24(21,22)19-9-11-23-12-10-19/h14H,3-13H2,1-2H3,(H,16,20)/t14-/m0/s1. The van der Waals surface area contributed by atoms with Crippen molar-refractivity contribution in [2.24, 2.45) is 0 Å². The number of nitrogens with zero attached hydrogens (tertiary/aromatic N) is 3. The molecule has 2 heterocycles. The first kappa shape index (κ1) is 19.6. The number of morpholine rings is 1. The van der Waals surface area contributed by atoms with Gasteiger partial charge in [-0.3, -0.25) is 9.69 Å². The van der Waals surface area contributed by atoms with E-state index in [1.807, 2.05) is 11.8 Å². The Morgan fingerprint density at radius 2 is 1.67 bits per heavy atom. The van der Waals surface area contributed by atoms with Crippen LogP contribution in [0.4, 0.5) is 0 Å². The van der Waals surface area contributed by atoms with E-state index < -0.39 is 10.2 Å². The molecule has 0 aromatic heterocycles. The van der Waals surface area contributed by atoms with Gasteiger partial charge in [-0.25, -0.2) is 0 Å². The van der Waals surface area contributed by atoms with Gasteiger partial charge in [0.1, 0.15) is 0 Å². The van der Waals surface area contributed by atoms with Gasteiger partial charge in [0.25, 0.3) is 10.2 Å². The Morgan fingerprint density at radius 1 is 1.08 bits per heavy atom. The predicted molar refractivity (Wildman–Crippen MR) is 91.8 cm³/mol. The minimum atomic E-state index is -3.40. The van der Waals surface area contributed by atoms with Gasteiger partial charge in [0.2, 0.25) is 5.91 Å². The highest BCUT2D eigenvalue weighted by Crippen LogP contribution is 2.13. The topological polar surface area (TPSA) is 82.2 Å². The Balaban J connectivity index is 1.77. The summed E-state index contributed by atoms with van der Waals surface area (Å²) in [5.41, 5.74) is 0. The van der Waals surface area contributed by atoms with Gasteiger partial charge >= 0.3 is 0 Å². The van der Waals surface area contributed by atoms with Crippen molar-refractivity contribution in [3.8, 4) is 0 Å². The lowest BCUT2D eigenvalue weighted by molar-refractivity contribution is -0.123. The molecule has 0 aromatic rings. The molecular weight excluding hydrogens is 332 g/mol. The maximum Gasteiger partial charge on any atom is 0.282 e. The average Bonchev–Trinajstić information content (AvgIpc) is 2.56. The lowest BCUT2D eigenvalue weighted by Crippen LogP contribution is -2.56. The zero-order chi connectivity index (χ0) is 17.6. The first-order chi connectivity index (χ1) is 11.4. The highest BCUT2D eigenvalue weighted by molar-refractivity contribution is 7.86. The number of ether oxygens (including phenoxy) is 1. The van der Waals surface area contributed by atoms with Crippen LogP contribution in [0.2, 0.25) is 0 Å². The monoisotopic (exact) mass is 362 g/mol. The average molecular weight is 362 g/mol. The number of carbonyl (C=O) groups excluding carboxylic acids is 1. The van der Waals surface area contributed by atoms with Crippen molar-refractivity contribution in [2.75, 3.05) is 59.0 Å². The second-order valence-electron chi connectivity index (χ2n) is 6.45. The number of piperazine rings is 1. The molecule has 140 valence electrons. The lowest BCUT2D eigenvalue weighted by Gasteiger charge is -2.37. The molecule has 0 radical (unpaired) electrons. The normalized spacial score (nSPS) is 23.1. The van der Waals surface area contributed by atoms with Crippen LogP contribution in [0.5, 0.6) is 0 Å². The Hall–Kier alpha value is -0.740. The highest BCUT2D eigenvalue weighted by Gasteiger charge is 2.33. The maximum absolute atomic E-state index is 12.6. The zero-order valence-corrected chi connectivity index (χ0v) is 15.6. The van der Waals surface area contributed by atoms with Crippen molar-refractivity contribution < 1.29 is 17.9 Å². The minimum Gasteiger partial charge on any atom is -0.379 e. The Kier molecular flexibility index (Phi) is 7.42. The molecule has 2 rings (SSSR count). The lowest BCUT2D eigenvalue weighted by atomic mass is 10.2. The quantitative estimate of drug-likeness (QED) is 0.659. The number of hydrogen-bond donors (Lipinski definition) is 1. The van der Waals surface area contributed by atoms with Gasteiger partial charge in [-0.05, 0) is 13.3 Å². The summed E-state index contributed by atoms with van der Waals surface area (Å²) in [4.78, 5) is 14.0. The van der Waals surface area contributed by atoms with E-state index in [0.29, 0.717) is 59.0 Å². The van der Waals surface area contributed by atoms with Crippen LogP contribution in [0, 0.1) is 0 Å². The van der Waals surface area contributed by atoms with Crippen LogP contribution >= 0.6 is 0 Å². The van der Waals surface area contributed by atoms with E-state index in [1.165, 1.54) is 8.61 Å². The summed E-state index contributed by atoms with van der Waals surface area (Å²) in [7, 11) is -3.40. The van der Waals surface area contributed by atoms with Crippen LogP contribution < -0.4 is 5.32 Å². The van der Waals surface area contributed by atoms with E-state index in [2.05, 4.69) is 12.2 Å². The molecule has 1 atom stereocenters. The fourth-order valence-electron chi connectivity index (χ4n) is 3.09. The van der Waals surface area contributed by atoms with Crippen LogP contribution in [-0.2, 0) is 19.7 Å². The molecule has 0 spiro atoms. The molecular formula is C15H30N4O4S. The van der Waals surface area contributed by atoms with E-state index in [1.54, 1.807) is 0 Å². The number of nitrogens with one attached hydrogen (secondary N) is 1. The van der Waals surface area contributed by atoms with Gasteiger partial charge in [0.15, 0.2) is 0 Å². The molecule has 0 bridgehead atoms. The van der Waals surface area contributed by atoms with Gasteiger partial charge in [-0.2, -0.15) is 17.0 Å². The van der Waals surface area contributed by atoms with Gasteiger partial charge in [-0.15, -0.1) is 0 Å². The van der Waals surface area contributed by atoms with Crippen LogP contribution in [0.1, 0.15) is 26.7 Å². The van der Waals surface area contributed by atoms with E-state index in [9.17, 15) is 13.2 Å². The number of amides is 1. The minimum absolute atomic E-state index is 0.0143. The number of carbonyl (C=O) groups is 1. The van der Waals surface area contributed by atoms with E-state index in [4.69, 9.17) is 4.74 Å². The van der Waals surface area contributed by atoms with Crippen LogP contribution in [0.15, 0.2) is 0 Å². The summed E-state index contributed by atoms with van der Waals surface area (Å²) >= 11 is 0. The third kappa shape index (κ3) is 5.38. The summed E-state index contributed by atoms with van der Waals surface area (Å²) < 4.78 is 33.4. The Bertz CT molecular complexity index is 500. The number of rotatable bonds is 7. The predicted octanol–water partition coefficient (Wildman–Crippen LogP) is -0.514. The second-order valence-corrected chi connectivity index (χ2v) is 8.38. The Labute approximate surface area is 145 Å². The summed E-state index contributed by atoms with van der Waals surface area (Å²) in [6.45, 7) is 8.20. The van der Waals surface area contributed by atoms with Crippen LogP contribution in [0.3, 0.4) is 0 Å². The van der Waals surface area contributed by atoms with Crippen molar-refractivity contribution in [2.45, 2.75) is 32.7 Å². The van der Waals surface area contributed by atoms with Gasteiger partial charge < -0.3 is 10.1 Å². The first-order valence-electron chi connectivity index (χ1n) is 8.78. The largest absolute Gasteiger partial charge is 0.379 e. The molecule has 2 aliphatic rings. The summed E-state index contributed by atoms with van der Waals surface area (Å²) in [6.07, 6.45) is 2.01. The molecule has 2 fully saturated rings. The van der Waals surface area contributed by atoms with Crippen molar-refractivity contribution in [1.82, 2.24) is 18.8 Å². The molecule has 1 N–H and O–H groups in total. The van der Waals surface area contributed by atoms with E-state index in [-0.39, 0.29) is 11.9 Å². The third-order valence-electron chi connectivity index (χ3n) is 4.45. The van der Waals surface area contributed by atoms with Crippen molar-refractivity contribution >= 4 is 16.1 Å². The molecule has 2 saturated heterocycles. The smallest absolute Gasteiger partial charge is 0.282 e. The summed E-state index contributed by atoms with van der Waals surface area (Å²) in [6, 6.07) is 0.186. The van der Waals surface area contributed by atoms with Crippen molar-refractivity contribution in [3.63, 3.8) is 0 Å². The van der Waals surface area contributed by atoms with E-state index >= 15 is 0 Å². The molecule has 2 aliphatic heterocycles. The molecule has 0 aliphatic carbocycles. The maximum atomic E-state index is 12.6. The molecule has 0 unspecified atom stereocenters. The third-order valence-corrected chi connectivity index (χ3v) is 6.49. The highest BCUT2D eigenvalue weighted by atomic mass is 32.2. The fraction of sp³-hybridized carbons (Fsp3) is 0.933. The zero-order valence-electron chi connectivity index (χ0n) is 14.7.